The summed E-state index contributed by atoms with van der Waals surface area (Å²) in [6.07, 6.45) is 3.69. The van der Waals surface area contributed by atoms with E-state index in [-0.39, 0.29) is 29.0 Å². The van der Waals surface area contributed by atoms with Crippen molar-refractivity contribution in [3.63, 3.8) is 0 Å². The van der Waals surface area contributed by atoms with Gasteiger partial charge in [0.05, 0.1) is 11.6 Å². The van der Waals surface area contributed by atoms with Gasteiger partial charge in [0, 0.05) is 24.9 Å². The Kier molecular flexibility index (Phi) is 4.53. The van der Waals surface area contributed by atoms with Crippen molar-refractivity contribution in [2.75, 3.05) is 0 Å². The van der Waals surface area contributed by atoms with Crippen molar-refractivity contribution in [1.82, 2.24) is 14.9 Å². The fourth-order valence-corrected chi connectivity index (χ4v) is 4.24. The van der Waals surface area contributed by atoms with Gasteiger partial charge >= 0.3 is 0 Å². The fourth-order valence-electron chi connectivity index (χ4n) is 4.24. The van der Waals surface area contributed by atoms with Gasteiger partial charge < -0.3 is 9.88 Å². The predicted molar refractivity (Wildman–Crippen MR) is 107 cm³/mol. The third kappa shape index (κ3) is 3.21. The zero-order valence-electron chi connectivity index (χ0n) is 16.3. The van der Waals surface area contributed by atoms with Gasteiger partial charge in [-0.1, -0.05) is 44.2 Å². The maximum absolute atomic E-state index is 13.2. The van der Waals surface area contributed by atoms with Crippen LogP contribution >= 0.6 is 0 Å². The molecule has 0 spiro atoms. The highest BCUT2D eigenvalue weighted by Gasteiger charge is 2.62. The van der Waals surface area contributed by atoms with E-state index in [2.05, 4.69) is 24.1 Å². The molecule has 1 saturated carbocycles. The van der Waals surface area contributed by atoms with Crippen molar-refractivity contribution in [3.8, 4) is 5.69 Å². The van der Waals surface area contributed by atoms with Crippen molar-refractivity contribution < 1.29 is 9.18 Å². The predicted octanol–water partition coefficient (Wildman–Crippen LogP) is 4.38. The number of hydrogen-bond acceptors (Lipinski definition) is 2. The van der Waals surface area contributed by atoms with E-state index in [9.17, 15) is 9.18 Å². The van der Waals surface area contributed by atoms with Crippen LogP contribution in [0.5, 0.6) is 0 Å². The second-order valence-corrected chi connectivity index (χ2v) is 8.02. The number of imidazole rings is 1. The molecule has 1 heterocycles. The molecule has 0 saturated heterocycles. The van der Waals surface area contributed by atoms with Crippen LogP contribution in [-0.2, 0) is 11.3 Å². The van der Waals surface area contributed by atoms with Gasteiger partial charge in [0.1, 0.15) is 11.6 Å². The zero-order chi connectivity index (χ0) is 19.9. The normalized spacial score (nSPS) is 20.0. The van der Waals surface area contributed by atoms with E-state index in [0.717, 1.165) is 22.6 Å². The number of halogens is 1. The van der Waals surface area contributed by atoms with Crippen LogP contribution in [0.1, 0.15) is 36.7 Å². The van der Waals surface area contributed by atoms with Crippen LogP contribution in [0, 0.1) is 24.1 Å². The van der Waals surface area contributed by atoms with Crippen LogP contribution in [0.15, 0.2) is 60.9 Å². The molecule has 2 atom stereocenters. The molecule has 28 heavy (non-hydrogen) atoms. The van der Waals surface area contributed by atoms with Gasteiger partial charge in [0.25, 0.3) is 0 Å². The number of benzene rings is 2. The van der Waals surface area contributed by atoms with Crippen molar-refractivity contribution >= 4 is 5.91 Å². The number of amides is 1. The standard InChI is InChI=1S/C23H24FN3O/c1-15-25-12-13-27(15)19-7-5-4-6-17(19)14-26-22(28)21-20(23(21,2)3)16-8-10-18(24)11-9-16/h4-13,20-21H,14H2,1-3H3,(H,26,28). The summed E-state index contributed by atoms with van der Waals surface area (Å²) in [5.74, 6) is 0.684. The Morgan fingerprint density at radius 2 is 1.89 bits per heavy atom. The molecule has 2 unspecified atom stereocenters. The lowest BCUT2D eigenvalue weighted by atomic mass is 10.0. The molecule has 3 aromatic rings. The van der Waals surface area contributed by atoms with Gasteiger partial charge in [-0.05, 0) is 41.7 Å². The van der Waals surface area contributed by atoms with Gasteiger partial charge in [-0.2, -0.15) is 0 Å². The summed E-state index contributed by atoms with van der Waals surface area (Å²) in [7, 11) is 0. The molecule has 1 amide bonds. The lowest BCUT2D eigenvalue weighted by Gasteiger charge is -2.13. The quantitative estimate of drug-likeness (QED) is 0.717. The Morgan fingerprint density at radius 1 is 1.18 bits per heavy atom. The van der Waals surface area contributed by atoms with E-state index in [1.807, 2.05) is 42.0 Å². The van der Waals surface area contributed by atoms with Crippen LogP contribution in [-0.4, -0.2) is 15.5 Å². The topological polar surface area (TPSA) is 46.9 Å². The SMILES string of the molecule is Cc1nccn1-c1ccccc1CNC(=O)C1C(c2ccc(F)cc2)C1(C)C. The summed E-state index contributed by atoms with van der Waals surface area (Å²) < 4.78 is 15.2. The second kappa shape index (κ2) is 6.89. The van der Waals surface area contributed by atoms with Crippen molar-refractivity contribution in [2.24, 2.45) is 11.3 Å². The number of hydrogen-bond donors (Lipinski definition) is 1. The summed E-state index contributed by atoms with van der Waals surface area (Å²) >= 11 is 0. The summed E-state index contributed by atoms with van der Waals surface area (Å²) in [6.45, 7) is 6.59. The van der Waals surface area contributed by atoms with E-state index in [1.165, 1.54) is 12.1 Å². The van der Waals surface area contributed by atoms with Gasteiger partial charge in [0.2, 0.25) is 5.91 Å². The summed E-state index contributed by atoms with van der Waals surface area (Å²) in [5.41, 5.74) is 2.93. The molecule has 144 valence electrons. The second-order valence-electron chi connectivity index (χ2n) is 8.02. The van der Waals surface area contributed by atoms with E-state index >= 15 is 0 Å². The third-order valence-corrected chi connectivity index (χ3v) is 5.87. The molecule has 1 aliphatic carbocycles. The molecule has 1 aromatic heterocycles. The number of aryl methyl sites for hydroxylation is 1. The molecule has 2 aromatic carbocycles. The number of nitrogens with zero attached hydrogens (tertiary/aromatic N) is 2. The molecule has 0 bridgehead atoms. The monoisotopic (exact) mass is 377 g/mol. The van der Waals surface area contributed by atoms with E-state index in [1.54, 1.807) is 18.3 Å². The number of rotatable bonds is 5. The highest BCUT2D eigenvalue weighted by molar-refractivity contribution is 5.84. The average Bonchev–Trinajstić information content (AvgIpc) is 3.01. The molecule has 4 rings (SSSR count). The molecule has 0 aliphatic heterocycles. The molecule has 0 radical (unpaired) electrons. The smallest absolute Gasteiger partial charge is 0.224 e. The first kappa shape index (κ1) is 18.4. The summed E-state index contributed by atoms with van der Waals surface area (Å²) in [4.78, 5) is 17.2. The average molecular weight is 377 g/mol. The Balaban J connectivity index is 1.49. The molecule has 4 nitrogen and oxygen atoms in total. The molecule has 5 heteroatoms. The van der Waals surface area contributed by atoms with E-state index in [4.69, 9.17) is 0 Å². The highest BCUT2D eigenvalue weighted by Crippen LogP contribution is 2.64. The molecular formula is C23H24FN3O. The maximum Gasteiger partial charge on any atom is 0.224 e. The molecule has 1 fully saturated rings. The Hall–Kier alpha value is -2.95. The van der Waals surface area contributed by atoms with Crippen LogP contribution in [0.2, 0.25) is 0 Å². The Morgan fingerprint density at radius 3 is 2.57 bits per heavy atom. The third-order valence-electron chi connectivity index (χ3n) is 5.87. The lowest BCUT2D eigenvalue weighted by Crippen LogP contribution is -2.26. The van der Waals surface area contributed by atoms with Gasteiger partial charge in [-0.3, -0.25) is 4.79 Å². The first-order valence-electron chi connectivity index (χ1n) is 9.51. The number of carbonyl (C=O) groups excluding carboxylic acids is 1. The minimum absolute atomic E-state index is 0.0384. The van der Waals surface area contributed by atoms with Crippen LogP contribution in [0.3, 0.4) is 0 Å². The fraction of sp³-hybridized carbons (Fsp3) is 0.304. The first-order valence-corrected chi connectivity index (χ1v) is 9.51. The van der Waals surface area contributed by atoms with Crippen molar-refractivity contribution in [2.45, 2.75) is 33.2 Å². The van der Waals surface area contributed by atoms with Gasteiger partial charge in [-0.25, -0.2) is 9.37 Å². The van der Waals surface area contributed by atoms with Crippen LogP contribution in [0.4, 0.5) is 4.39 Å². The first-order chi connectivity index (χ1) is 13.4. The van der Waals surface area contributed by atoms with Crippen molar-refractivity contribution in [1.29, 1.82) is 0 Å². The number of para-hydroxylation sites is 1. The van der Waals surface area contributed by atoms with Gasteiger partial charge in [-0.15, -0.1) is 0 Å². The minimum Gasteiger partial charge on any atom is -0.352 e. The maximum atomic E-state index is 13.2. The molecule has 1 N–H and O–H groups in total. The van der Waals surface area contributed by atoms with Gasteiger partial charge in [0.15, 0.2) is 0 Å². The largest absolute Gasteiger partial charge is 0.352 e. The van der Waals surface area contributed by atoms with Crippen molar-refractivity contribution in [3.05, 3.63) is 83.7 Å². The van der Waals surface area contributed by atoms with E-state index < -0.39 is 0 Å². The number of nitrogens with one attached hydrogen (secondary N) is 1. The number of carbonyl (C=O) groups is 1. The van der Waals surface area contributed by atoms with Crippen LogP contribution in [0.25, 0.3) is 5.69 Å². The molecular weight excluding hydrogens is 353 g/mol. The summed E-state index contributed by atoms with van der Waals surface area (Å²) in [5, 5.41) is 3.10. The zero-order valence-corrected chi connectivity index (χ0v) is 16.3. The highest BCUT2D eigenvalue weighted by atomic mass is 19.1. The molecule has 1 aliphatic rings. The van der Waals surface area contributed by atoms with Crippen LogP contribution < -0.4 is 5.32 Å². The summed E-state index contributed by atoms with van der Waals surface area (Å²) in [6, 6.07) is 14.5. The minimum atomic E-state index is -0.255. The lowest BCUT2D eigenvalue weighted by molar-refractivity contribution is -0.123. The Bertz CT molecular complexity index is 1010. The number of aromatic nitrogens is 2. The van der Waals surface area contributed by atoms with E-state index in [0.29, 0.717) is 6.54 Å². The Labute approximate surface area is 164 Å².